The molecule has 4 heteroatoms. The highest BCUT2D eigenvalue weighted by atomic mass is 15.3. The highest BCUT2D eigenvalue weighted by molar-refractivity contribution is 5.07. The van der Waals surface area contributed by atoms with Crippen LogP contribution in [0, 0.1) is 0 Å². The van der Waals surface area contributed by atoms with E-state index in [1.165, 1.54) is 31.5 Å². The molecular weight excluding hydrogens is 188 g/mol. The zero-order chi connectivity index (χ0) is 10.3. The molecule has 0 radical (unpaired) electrons. The van der Waals surface area contributed by atoms with Gasteiger partial charge in [-0.2, -0.15) is 5.10 Å². The minimum Gasteiger partial charge on any atom is -0.314 e. The highest BCUT2D eigenvalue weighted by Gasteiger charge is 2.28. The zero-order valence-electron chi connectivity index (χ0n) is 9.24. The molecule has 1 aromatic heterocycles. The Morgan fingerprint density at radius 2 is 2.13 bits per heavy atom. The summed E-state index contributed by atoms with van der Waals surface area (Å²) in [4.78, 5) is 4.60. The first kappa shape index (κ1) is 9.33. The van der Waals surface area contributed by atoms with Gasteiger partial charge in [0.1, 0.15) is 5.82 Å². The third-order valence-electron chi connectivity index (χ3n) is 3.14. The van der Waals surface area contributed by atoms with Crippen molar-refractivity contribution in [3.05, 3.63) is 11.6 Å². The normalized spacial score (nSPS) is 20.9. The lowest BCUT2D eigenvalue weighted by Crippen LogP contribution is -2.19. The summed E-state index contributed by atoms with van der Waals surface area (Å²) in [6, 6.07) is 0.789. The van der Waals surface area contributed by atoms with Crippen LogP contribution in [0.4, 0.5) is 0 Å². The SMILES string of the molecule is Cn1nc(CCNC2CC2)nc1C1CC1. The molecule has 1 N–H and O–H groups in total. The first-order valence-corrected chi connectivity index (χ1v) is 5.96. The quantitative estimate of drug-likeness (QED) is 0.781. The van der Waals surface area contributed by atoms with Crippen molar-refractivity contribution < 1.29 is 0 Å². The van der Waals surface area contributed by atoms with Gasteiger partial charge < -0.3 is 5.32 Å². The summed E-state index contributed by atoms with van der Waals surface area (Å²) in [7, 11) is 2.01. The van der Waals surface area contributed by atoms with E-state index in [0.717, 1.165) is 24.8 Å². The zero-order valence-corrected chi connectivity index (χ0v) is 9.24. The van der Waals surface area contributed by atoms with Crippen LogP contribution in [0.3, 0.4) is 0 Å². The molecule has 2 fully saturated rings. The molecule has 0 unspecified atom stereocenters. The van der Waals surface area contributed by atoms with Gasteiger partial charge in [0.2, 0.25) is 0 Å². The van der Waals surface area contributed by atoms with Crippen LogP contribution < -0.4 is 5.32 Å². The van der Waals surface area contributed by atoms with Gasteiger partial charge in [0.05, 0.1) is 0 Å². The molecule has 2 saturated carbocycles. The average Bonchev–Trinajstić information content (AvgIpc) is 3.09. The second-order valence-electron chi connectivity index (χ2n) is 4.76. The number of hydrogen-bond acceptors (Lipinski definition) is 3. The molecule has 4 nitrogen and oxygen atoms in total. The van der Waals surface area contributed by atoms with Crippen molar-refractivity contribution >= 4 is 0 Å². The third-order valence-corrected chi connectivity index (χ3v) is 3.14. The Kier molecular flexibility index (Phi) is 2.24. The van der Waals surface area contributed by atoms with Crippen LogP contribution in [-0.2, 0) is 13.5 Å². The summed E-state index contributed by atoms with van der Waals surface area (Å²) in [6.07, 6.45) is 6.27. The van der Waals surface area contributed by atoms with Gasteiger partial charge in [-0.25, -0.2) is 4.98 Å². The maximum absolute atomic E-state index is 4.60. The topological polar surface area (TPSA) is 42.7 Å². The van der Waals surface area contributed by atoms with Crippen molar-refractivity contribution in [1.82, 2.24) is 20.1 Å². The van der Waals surface area contributed by atoms with Crippen molar-refractivity contribution in [3.8, 4) is 0 Å². The van der Waals surface area contributed by atoms with Crippen molar-refractivity contribution in [2.24, 2.45) is 7.05 Å². The Hall–Kier alpha value is -0.900. The smallest absolute Gasteiger partial charge is 0.152 e. The number of aryl methyl sites for hydroxylation is 1. The highest BCUT2D eigenvalue weighted by Crippen LogP contribution is 2.38. The van der Waals surface area contributed by atoms with Gasteiger partial charge >= 0.3 is 0 Å². The molecule has 2 aliphatic rings. The molecule has 1 aromatic rings. The molecule has 2 aliphatic carbocycles. The fourth-order valence-electron chi connectivity index (χ4n) is 1.93. The summed E-state index contributed by atoms with van der Waals surface area (Å²) in [5, 5.41) is 7.94. The standard InChI is InChI=1S/C11H18N4/c1-15-11(8-2-3-8)13-10(14-15)6-7-12-9-4-5-9/h8-9,12H,2-7H2,1H3. The molecule has 15 heavy (non-hydrogen) atoms. The van der Waals surface area contributed by atoms with Gasteiger partial charge in [0, 0.05) is 32.0 Å². The fraction of sp³-hybridized carbons (Fsp3) is 0.818. The minimum absolute atomic E-state index is 0.702. The first-order valence-electron chi connectivity index (χ1n) is 5.96. The molecule has 82 valence electrons. The Balaban J connectivity index is 1.56. The van der Waals surface area contributed by atoms with E-state index in [-0.39, 0.29) is 0 Å². The molecule has 0 aliphatic heterocycles. The number of aromatic nitrogens is 3. The third kappa shape index (κ3) is 2.20. The minimum atomic E-state index is 0.702. The van der Waals surface area contributed by atoms with E-state index in [4.69, 9.17) is 0 Å². The van der Waals surface area contributed by atoms with E-state index < -0.39 is 0 Å². The van der Waals surface area contributed by atoms with Gasteiger partial charge in [-0.1, -0.05) is 0 Å². The second-order valence-corrected chi connectivity index (χ2v) is 4.76. The van der Waals surface area contributed by atoms with Gasteiger partial charge in [0.25, 0.3) is 0 Å². The van der Waals surface area contributed by atoms with Crippen LogP contribution >= 0.6 is 0 Å². The Morgan fingerprint density at radius 1 is 1.33 bits per heavy atom. The molecule has 0 bridgehead atoms. The van der Waals surface area contributed by atoms with Gasteiger partial charge in [-0.05, 0) is 25.7 Å². The van der Waals surface area contributed by atoms with E-state index >= 15 is 0 Å². The molecule has 0 aromatic carbocycles. The van der Waals surface area contributed by atoms with Gasteiger partial charge in [0.15, 0.2) is 5.82 Å². The van der Waals surface area contributed by atoms with Crippen molar-refractivity contribution in [1.29, 1.82) is 0 Å². The van der Waals surface area contributed by atoms with E-state index in [2.05, 4.69) is 15.4 Å². The van der Waals surface area contributed by atoms with Gasteiger partial charge in [-0.15, -0.1) is 0 Å². The first-order chi connectivity index (χ1) is 7.33. The number of hydrogen-bond donors (Lipinski definition) is 1. The summed E-state index contributed by atoms with van der Waals surface area (Å²) in [5.41, 5.74) is 0. The van der Waals surface area contributed by atoms with Crippen LogP contribution in [0.15, 0.2) is 0 Å². The van der Waals surface area contributed by atoms with Gasteiger partial charge in [-0.3, -0.25) is 4.68 Å². The van der Waals surface area contributed by atoms with E-state index in [1.807, 2.05) is 11.7 Å². The summed E-state index contributed by atoms with van der Waals surface area (Å²) in [5.74, 6) is 2.90. The Bertz CT molecular complexity index is 349. The molecule has 3 rings (SSSR count). The van der Waals surface area contributed by atoms with Crippen molar-refractivity contribution in [2.45, 2.75) is 44.1 Å². The Labute approximate surface area is 90.1 Å². The van der Waals surface area contributed by atoms with Crippen LogP contribution in [0.2, 0.25) is 0 Å². The lowest BCUT2D eigenvalue weighted by Gasteiger charge is -1.97. The second kappa shape index (κ2) is 3.59. The molecule has 0 spiro atoms. The largest absolute Gasteiger partial charge is 0.314 e. The van der Waals surface area contributed by atoms with Crippen LogP contribution in [0.5, 0.6) is 0 Å². The lowest BCUT2D eigenvalue weighted by atomic mass is 10.4. The Morgan fingerprint density at radius 3 is 2.80 bits per heavy atom. The molecule has 1 heterocycles. The molecule has 0 amide bonds. The summed E-state index contributed by atoms with van der Waals surface area (Å²) >= 11 is 0. The predicted octanol–water partition coefficient (Wildman–Crippen LogP) is 0.987. The van der Waals surface area contributed by atoms with Crippen LogP contribution in [-0.4, -0.2) is 27.4 Å². The fourth-order valence-corrected chi connectivity index (χ4v) is 1.93. The van der Waals surface area contributed by atoms with E-state index in [0.29, 0.717) is 5.92 Å². The van der Waals surface area contributed by atoms with Crippen LogP contribution in [0.25, 0.3) is 0 Å². The molecule has 0 atom stereocenters. The monoisotopic (exact) mass is 206 g/mol. The number of nitrogens with zero attached hydrogens (tertiary/aromatic N) is 3. The van der Waals surface area contributed by atoms with Crippen molar-refractivity contribution in [2.75, 3.05) is 6.54 Å². The average molecular weight is 206 g/mol. The molecular formula is C11H18N4. The molecule has 0 saturated heterocycles. The number of rotatable bonds is 5. The summed E-state index contributed by atoms with van der Waals surface area (Å²) < 4.78 is 1.96. The van der Waals surface area contributed by atoms with Crippen LogP contribution in [0.1, 0.15) is 43.3 Å². The van der Waals surface area contributed by atoms with Crippen molar-refractivity contribution in [3.63, 3.8) is 0 Å². The number of nitrogens with one attached hydrogen (secondary N) is 1. The lowest BCUT2D eigenvalue weighted by molar-refractivity contribution is 0.654. The van der Waals surface area contributed by atoms with E-state index in [1.54, 1.807) is 0 Å². The predicted molar refractivity (Wildman–Crippen MR) is 57.7 cm³/mol. The maximum atomic E-state index is 4.60. The summed E-state index contributed by atoms with van der Waals surface area (Å²) in [6.45, 7) is 1.03. The maximum Gasteiger partial charge on any atom is 0.152 e. The van der Waals surface area contributed by atoms with E-state index in [9.17, 15) is 0 Å².